The molecular weight excluding hydrogens is 274 g/mol. The van der Waals surface area contributed by atoms with Gasteiger partial charge >= 0.3 is 6.09 Å². The van der Waals surface area contributed by atoms with Crippen LogP contribution in [0.4, 0.5) is 4.79 Å². The number of rotatable bonds is 4. The fraction of sp³-hybridized carbons (Fsp3) is 0.467. The van der Waals surface area contributed by atoms with Gasteiger partial charge in [-0.25, -0.2) is 4.79 Å². The lowest BCUT2D eigenvalue weighted by atomic mass is 9.94. The van der Waals surface area contributed by atoms with Crippen LogP contribution in [-0.2, 0) is 0 Å². The van der Waals surface area contributed by atoms with Gasteiger partial charge in [0.15, 0.2) is 17.3 Å². The van der Waals surface area contributed by atoms with Crippen LogP contribution in [-0.4, -0.2) is 48.7 Å². The molecule has 0 bridgehead atoms. The molecule has 0 aromatic heterocycles. The van der Waals surface area contributed by atoms with E-state index in [-0.39, 0.29) is 5.78 Å². The second-order valence-corrected chi connectivity index (χ2v) is 4.89. The molecule has 1 aromatic carbocycles. The van der Waals surface area contributed by atoms with Crippen molar-refractivity contribution < 1.29 is 24.2 Å². The van der Waals surface area contributed by atoms with Gasteiger partial charge < -0.3 is 14.6 Å². The summed E-state index contributed by atoms with van der Waals surface area (Å²) in [6, 6.07) is 4.38. The summed E-state index contributed by atoms with van der Waals surface area (Å²) >= 11 is 0. The van der Waals surface area contributed by atoms with Crippen molar-refractivity contribution in [2.75, 3.05) is 20.8 Å². The minimum atomic E-state index is -1.06. The first-order valence-corrected chi connectivity index (χ1v) is 6.85. The molecule has 0 spiro atoms. The Morgan fingerprint density at radius 1 is 1.24 bits per heavy atom. The van der Waals surface area contributed by atoms with Gasteiger partial charge in [-0.2, -0.15) is 0 Å². The molecule has 1 unspecified atom stereocenters. The third kappa shape index (κ3) is 2.94. The van der Waals surface area contributed by atoms with Crippen LogP contribution in [0.5, 0.6) is 11.5 Å². The van der Waals surface area contributed by atoms with Crippen LogP contribution in [0.25, 0.3) is 0 Å². The molecule has 1 heterocycles. The Hall–Kier alpha value is -2.24. The molecular formula is C15H19NO5. The fourth-order valence-electron chi connectivity index (χ4n) is 2.69. The number of ether oxygens (including phenoxy) is 2. The number of carbonyl (C=O) groups excluding carboxylic acids is 1. The summed E-state index contributed by atoms with van der Waals surface area (Å²) in [5, 5.41) is 9.25. The van der Waals surface area contributed by atoms with E-state index in [1.165, 1.54) is 19.1 Å². The van der Waals surface area contributed by atoms with Gasteiger partial charge in [0.1, 0.15) is 0 Å². The zero-order valence-corrected chi connectivity index (χ0v) is 12.2. The number of hydrogen-bond acceptors (Lipinski definition) is 4. The zero-order chi connectivity index (χ0) is 15.4. The second-order valence-electron chi connectivity index (χ2n) is 4.89. The molecule has 114 valence electrons. The van der Waals surface area contributed by atoms with E-state index in [0.717, 1.165) is 12.8 Å². The van der Waals surface area contributed by atoms with Crippen LogP contribution in [0.1, 0.15) is 29.6 Å². The topological polar surface area (TPSA) is 76.1 Å². The second kappa shape index (κ2) is 6.47. The molecule has 21 heavy (non-hydrogen) atoms. The van der Waals surface area contributed by atoms with E-state index >= 15 is 0 Å². The number of hydrogen-bond donors (Lipinski definition) is 1. The number of piperidine rings is 1. The highest BCUT2D eigenvalue weighted by Gasteiger charge is 2.34. The van der Waals surface area contributed by atoms with Crippen molar-refractivity contribution >= 4 is 11.9 Å². The minimum absolute atomic E-state index is 0.243. The summed E-state index contributed by atoms with van der Waals surface area (Å²) in [6.45, 7) is 0.387. The van der Waals surface area contributed by atoms with E-state index in [0.29, 0.717) is 30.0 Å². The molecule has 1 amide bonds. The molecule has 0 aliphatic carbocycles. The summed E-state index contributed by atoms with van der Waals surface area (Å²) in [5.41, 5.74) is 0.356. The number of carbonyl (C=O) groups is 2. The molecule has 1 aromatic rings. The van der Waals surface area contributed by atoms with E-state index in [1.54, 1.807) is 18.2 Å². The summed E-state index contributed by atoms with van der Waals surface area (Å²) < 4.78 is 10.4. The molecule has 6 nitrogen and oxygen atoms in total. The third-order valence-corrected chi connectivity index (χ3v) is 3.72. The van der Waals surface area contributed by atoms with E-state index < -0.39 is 12.1 Å². The predicted molar refractivity (Wildman–Crippen MR) is 76.2 cm³/mol. The van der Waals surface area contributed by atoms with Gasteiger partial charge in [-0.05, 0) is 31.4 Å². The number of para-hydroxylation sites is 1. The maximum absolute atomic E-state index is 12.7. The van der Waals surface area contributed by atoms with Crippen LogP contribution < -0.4 is 9.47 Å². The Morgan fingerprint density at radius 3 is 2.62 bits per heavy atom. The Kier molecular flexibility index (Phi) is 4.67. The number of ketones is 1. The molecule has 2 rings (SSSR count). The molecule has 1 atom stereocenters. The SMILES string of the molecule is COc1cccc(C(=O)C2CCCCN2C(=O)O)c1OC. The van der Waals surface area contributed by atoms with Crippen LogP contribution in [0, 0.1) is 0 Å². The Balaban J connectivity index is 2.36. The van der Waals surface area contributed by atoms with E-state index in [2.05, 4.69) is 0 Å². The number of carboxylic acid groups (broad SMARTS) is 1. The third-order valence-electron chi connectivity index (χ3n) is 3.72. The van der Waals surface area contributed by atoms with Crippen molar-refractivity contribution in [3.8, 4) is 11.5 Å². The van der Waals surface area contributed by atoms with Crippen molar-refractivity contribution in [1.29, 1.82) is 0 Å². The van der Waals surface area contributed by atoms with Crippen LogP contribution >= 0.6 is 0 Å². The van der Waals surface area contributed by atoms with Gasteiger partial charge in [-0.1, -0.05) is 6.07 Å². The maximum atomic E-state index is 12.7. The summed E-state index contributed by atoms with van der Waals surface area (Å²) in [5.74, 6) is 0.565. The number of amides is 1. The Morgan fingerprint density at radius 2 is 2.00 bits per heavy atom. The van der Waals surface area contributed by atoms with Crippen molar-refractivity contribution in [1.82, 2.24) is 4.90 Å². The first-order valence-electron chi connectivity index (χ1n) is 6.85. The van der Waals surface area contributed by atoms with Gasteiger partial charge in [-0.15, -0.1) is 0 Å². The van der Waals surface area contributed by atoms with E-state index in [4.69, 9.17) is 9.47 Å². The van der Waals surface area contributed by atoms with Gasteiger partial charge in [0.25, 0.3) is 0 Å². The average Bonchev–Trinajstić information content (AvgIpc) is 2.53. The zero-order valence-electron chi connectivity index (χ0n) is 12.2. The number of benzene rings is 1. The molecule has 1 fully saturated rings. The average molecular weight is 293 g/mol. The van der Waals surface area contributed by atoms with Crippen LogP contribution in [0.15, 0.2) is 18.2 Å². The van der Waals surface area contributed by atoms with Gasteiger partial charge in [0, 0.05) is 6.54 Å². The number of likely N-dealkylation sites (tertiary alicyclic amines) is 1. The Bertz CT molecular complexity index is 543. The van der Waals surface area contributed by atoms with Crippen molar-refractivity contribution in [2.24, 2.45) is 0 Å². The number of Topliss-reactive ketones (excluding diaryl/α,β-unsaturated/α-hetero) is 1. The van der Waals surface area contributed by atoms with E-state index in [9.17, 15) is 14.7 Å². The van der Waals surface area contributed by atoms with Gasteiger partial charge in [0.2, 0.25) is 0 Å². The monoisotopic (exact) mass is 293 g/mol. The summed E-state index contributed by atoms with van der Waals surface area (Å²) in [4.78, 5) is 25.2. The number of nitrogens with zero attached hydrogens (tertiary/aromatic N) is 1. The van der Waals surface area contributed by atoms with E-state index in [1.807, 2.05) is 0 Å². The van der Waals surface area contributed by atoms with Crippen LogP contribution in [0.2, 0.25) is 0 Å². The van der Waals surface area contributed by atoms with Crippen LogP contribution in [0.3, 0.4) is 0 Å². The van der Waals surface area contributed by atoms with Gasteiger partial charge in [0.05, 0.1) is 25.8 Å². The molecule has 1 saturated heterocycles. The number of methoxy groups -OCH3 is 2. The molecule has 1 aliphatic heterocycles. The molecule has 6 heteroatoms. The highest BCUT2D eigenvalue weighted by molar-refractivity contribution is 6.04. The highest BCUT2D eigenvalue weighted by atomic mass is 16.5. The summed E-state index contributed by atoms with van der Waals surface area (Å²) in [6.07, 6.45) is 1.10. The normalized spacial score (nSPS) is 18.2. The van der Waals surface area contributed by atoms with Crippen molar-refractivity contribution in [2.45, 2.75) is 25.3 Å². The highest BCUT2D eigenvalue weighted by Crippen LogP contribution is 2.33. The van der Waals surface area contributed by atoms with Crippen molar-refractivity contribution in [3.63, 3.8) is 0 Å². The van der Waals surface area contributed by atoms with Crippen molar-refractivity contribution in [3.05, 3.63) is 23.8 Å². The minimum Gasteiger partial charge on any atom is -0.493 e. The Labute approximate surface area is 123 Å². The first-order chi connectivity index (χ1) is 10.1. The summed E-state index contributed by atoms with van der Waals surface area (Å²) in [7, 11) is 2.96. The largest absolute Gasteiger partial charge is 0.493 e. The van der Waals surface area contributed by atoms with Gasteiger partial charge in [-0.3, -0.25) is 9.69 Å². The lowest BCUT2D eigenvalue weighted by Crippen LogP contribution is -2.47. The molecule has 0 saturated carbocycles. The smallest absolute Gasteiger partial charge is 0.407 e. The first kappa shape index (κ1) is 15.2. The quantitative estimate of drug-likeness (QED) is 0.863. The molecule has 0 radical (unpaired) electrons. The lowest BCUT2D eigenvalue weighted by Gasteiger charge is -2.32. The standard InChI is InChI=1S/C15H19NO5/c1-20-12-8-5-6-10(14(12)21-2)13(17)11-7-3-4-9-16(11)15(18)19/h5-6,8,11H,3-4,7,9H2,1-2H3,(H,18,19). The lowest BCUT2D eigenvalue weighted by molar-refractivity contribution is 0.0711. The molecule has 1 aliphatic rings. The fourth-order valence-corrected chi connectivity index (χ4v) is 2.69. The molecule has 1 N–H and O–H groups in total. The predicted octanol–water partition coefficient (Wildman–Crippen LogP) is 2.42. The maximum Gasteiger partial charge on any atom is 0.407 e.